The van der Waals surface area contributed by atoms with Crippen LogP contribution in [0.2, 0.25) is 0 Å². The Balaban J connectivity index is 0.000000174. The zero-order chi connectivity index (χ0) is 39.7. The highest BCUT2D eigenvalue weighted by Gasteiger charge is 2.14. The van der Waals surface area contributed by atoms with Crippen molar-refractivity contribution in [3.05, 3.63) is 155 Å². The van der Waals surface area contributed by atoms with Crippen LogP contribution in [0, 0.1) is 14.9 Å². The van der Waals surface area contributed by atoms with Crippen molar-refractivity contribution in [2.24, 2.45) is 0 Å². The minimum absolute atomic E-state index is 0.523. The summed E-state index contributed by atoms with van der Waals surface area (Å²) in [5.74, 6) is 1.24. The fourth-order valence-corrected chi connectivity index (χ4v) is 7.61. The molecular formula is C43H36IN7O4S2. The molecule has 286 valence electrons. The van der Waals surface area contributed by atoms with Gasteiger partial charge >= 0.3 is 0 Å². The summed E-state index contributed by atoms with van der Waals surface area (Å²) in [7, 11) is 8.08. The van der Waals surface area contributed by atoms with Crippen molar-refractivity contribution in [3.8, 4) is 39.8 Å². The molecule has 0 saturated heterocycles. The minimum Gasteiger partial charge on any atom is -0.378 e. The van der Waals surface area contributed by atoms with Crippen LogP contribution in [0.15, 0.2) is 146 Å². The van der Waals surface area contributed by atoms with Crippen LogP contribution in [0.3, 0.4) is 0 Å². The van der Waals surface area contributed by atoms with Gasteiger partial charge in [-0.15, -0.1) is 0 Å². The molecule has 4 aromatic carbocycles. The lowest BCUT2D eigenvalue weighted by molar-refractivity contribution is -0.0785. The molecule has 0 N–H and O–H groups in total. The third-order valence-electron chi connectivity index (χ3n) is 8.70. The predicted molar refractivity (Wildman–Crippen MR) is 239 cm³/mol. The number of rotatable bonds is 12. The van der Waals surface area contributed by atoms with E-state index < -0.39 is 0 Å². The average molecular weight is 906 g/mol. The van der Waals surface area contributed by atoms with Gasteiger partial charge in [-0.2, -0.15) is 5.26 Å². The van der Waals surface area contributed by atoms with Gasteiger partial charge in [0.15, 0.2) is 47.3 Å². The first-order chi connectivity index (χ1) is 27.8. The number of hydrogen-bond donors (Lipinski definition) is 0. The quantitative estimate of drug-likeness (QED) is 0.0507. The molecule has 0 unspecified atom stereocenters. The van der Waals surface area contributed by atoms with E-state index in [4.69, 9.17) is 18.4 Å². The Morgan fingerprint density at radius 1 is 0.579 bits per heavy atom. The molecule has 0 radical (unpaired) electrons. The summed E-state index contributed by atoms with van der Waals surface area (Å²) in [5, 5.41) is 11.4. The standard InChI is InChI=1S/C22H18N4O2S.C21H18IN3O2S/c1-25(2)19-10-8-16(9-11-19)17-12-21-18(13-23)15-26(22(21)24-14-17)29-28-27-20-6-4-3-5-7-20;1-24(2)17-10-8-15(9-11-17)16-12-19-20(22)14-25(21(19)23-13-16)28-27-26-18-6-4-3-5-7-18/h3-12,14-15H,1-2H3;3-14H,1-2H3. The number of nitriles is 1. The van der Waals surface area contributed by atoms with E-state index in [9.17, 15) is 5.26 Å². The first-order valence-electron chi connectivity index (χ1n) is 17.5. The highest BCUT2D eigenvalue weighted by atomic mass is 127. The number of halogens is 1. The van der Waals surface area contributed by atoms with Crippen LogP contribution in [0.1, 0.15) is 5.56 Å². The Hall–Kier alpha value is -5.70. The van der Waals surface area contributed by atoms with Gasteiger partial charge in [0.1, 0.15) is 6.07 Å². The Bertz CT molecular complexity index is 2610. The zero-order valence-corrected chi connectivity index (χ0v) is 35.1. The molecule has 8 rings (SSSR count). The topological polar surface area (TPSA) is 103 Å². The molecule has 0 aliphatic rings. The molecule has 4 aromatic heterocycles. The number of benzene rings is 4. The van der Waals surface area contributed by atoms with E-state index in [0.29, 0.717) is 22.7 Å². The van der Waals surface area contributed by atoms with Crippen LogP contribution in [-0.4, -0.2) is 46.1 Å². The molecule has 8 aromatic rings. The summed E-state index contributed by atoms with van der Waals surface area (Å²) in [6, 6.07) is 41.6. The predicted octanol–water partition coefficient (Wildman–Crippen LogP) is 10.9. The SMILES string of the molecule is CN(C)c1ccc(-c2cnc3c(c2)c(C#N)cn3SOOc2ccccc2)cc1.CN(C)c1ccc(-c2cnc3c(c2)c(I)cn3SOOc2ccccc2)cc1. The molecule has 0 aliphatic heterocycles. The Kier molecular flexibility index (Phi) is 12.8. The number of hydrogen-bond acceptors (Lipinski definition) is 11. The maximum atomic E-state index is 9.53. The molecule has 0 aliphatic carbocycles. The monoisotopic (exact) mass is 905 g/mol. The van der Waals surface area contributed by atoms with E-state index in [-0.39, 0.29) is 0 Å². The normalized spacial score (nSPS) is 10.8. The molecule has 4 heterocycles. The third-order valence-corrected chi connectivity index (χ3v) is 10.7. The first-order valence-corrected chi connectivity index (χ1v) is 20.0. The lowest BCUT2D eigenvalue weighted by atomic mass is 10.1. The van der Waals surface area contributed by atoms with Gasteiger partial charge in [0, 0.05) is 89.8 Å². The van der Waals surface area contributed by atoms with Crippen LogP contribution in [-0.2, 0) is 8.67 Å². The van der Waals surface area contributed by atoms with Crippen molar-refractivity contribution in [2.75, 3.05) is 38.0 Å². The van der Waals surface area contributed by atoms with E-state index >= 15 is 0 Å². The zero-order valence-electron chi connectivity index (χ0n) is 31.3. The van der Waals surface area contributed by atoms with Gasteiger partial charge in [-0.05, 0) is 94.4 Å². The molecule has 0 fully saturated rings. The summed E-state index contributed by atoms with van der Waals surface area (Å²) >= 11 is 4.37. The summed E-state index contributed by atoms with van der Waals surface area (Å²) < 4.78 is 15.2. The number of fused-ring (bicyclic) bond motifs is 2. The van der Waals surface area contributed by atoms with Crippen LogP contribution < -0.4 is 19.6 Å². The smallest absolute Gasteiger partial charge is 0.170 e. The van der Waals surface area contributed by atoms with Crippen LogP contribution in [0.25, 0.3) is 44.3 Å². The van der Waals surface area contributed by atoms with Crippen molar-refractivity contribution in [1.82, 2.24) is 17.9 Å². The van der Waals surface area contributed by atoms with E-state index in [2.05, 4.69) is 86.0 Å². The van der Waals surface area contributed by atoms with Crippen molar-refractivity contribution in [3.63, 3.8) is 0 Å². The summed E-state index contributed by atoms with van der Waals surface area (Å²) in [4.78, 5) is 23.9. The van der Waals surface area contributed by atoms with Crippen LogP contribution >= 0.6 is 47.0 Å². The molecule has 0 atom stereocenters. The van der Waals surface area contributed by atoms with Gasteiger partial charge in [0.25, 0.3) is 0 Å². The molecule has 57 heavy (non-hydrogen) atoms. The lowest BCUT2D eigenvalue weighted by Crippen LogP contribution is -2.07. The largest absolute Gasteiger partial charge is 0.378 e. The fourth-order valence-electron chi connectivity index (χ4n) is 5.67. The van der Waals surface area contributed by atoms with Crippen molar-refractivity contribution >= 4 is 80.5 Å². The van der Waals surface area contributed by atoms with Gasteiger partial charge in [0.05, 0.1) is 5.56 Å². The summed E-state index contributed by atoms with van der Waals surface area (Å²) in [6.45, 7) is 0. The second-order valence-corrected chi connectivity index (χ2v) is 15.5. The van der Waals surface area contributed by atoms with E-state index in [1.165, 1.54) is 5.69 Å². The van der Waals surface area contributed by atoms with Gasteiger partial charge in [-0.1, -0.05) is 69.3 Å². The highest BCUT2D eigenvalue weighted by molar-refractivity contribution is 14.1. The second kappa shape index (κ2) is 18.5. The van der Waals surface area contributed by atoms with Gasteiger partial charge < -0.3 is 19.6 Å². The van der Waals surface area contributed by atoms with Gasteiger partial charge in [-0.25, -0.2) is 17.9 Å². The molecule has 0 saturated carbocycles. The van der Waals surface area contributed by atoms with E-state index in [1.807, 2.05) is 116 Å². The van der Waals surface area contributed by atoms with Crippen molar-refractivity contribution < 1.29 is 18.4 Å². The Morgan fingerprint density at radius 2 is 1.02 bits per heavy atom. The maximum Gasteiger partial charge on any atom is 0.170 e. The first kappa shape index (κ1) is 39.5. The molecule has 0 spiro atoms. The van der Waals surface area contributed by atoms with E-state index in [1.54, 1.807) is 28.5 Å². The Labute approximate surface area is 353 Å². The number of nitrogens with zero attached hydrogens (tertiary/aromatic N) is 7. The minimum atomic E-state index is 0.523. The van der Waals surface area contributed by atoms with Crippen LogP contribution in [0.4, 0.5) is 11.4 Å². The summed E-state index contributed by atoms with van der Waals surface area (Å²) in [5.41, 5.74) is 8.50. The molecule has 11 nitrogen and oxygen atoms in total. The van der Waals surface area contributed by atoms with Crippen molar-refractivity contribution in [1.29, 1.82) is 5.26 Å². The van der Waals surface area contributed by atoms with Crippen LogP contribution in [0.5, 0.6) is 11.5 Å². The van der Waals surface area contributed by atoms with E-state index in [0.717, 1.165) is 72.4 Å². The van der Waals surface area contributed by atoms with Gasteiger partial charge in [0.2, 0.25) is 0 Å². The maximum absolute atomic E-state index is 9.53. The van der Waals surface area contributed by atoms with Crippen molar-refractivity contribution in [2.45, 2.75) is 0 Å². The average Bonchev–Trinajstić information content (AvgIpc) is 3.77. The third kappa shape index (κ3) is 9.65. The lowest BCUT2D eigenvalue weighted by Gasteiger charge is -2.12. The number of pyridine rings is 2. The molecule has 0 amide bonds. The van der Waals surface area contributed by atoms with Gasteiger partial charge in [-0.3, -0.25) is 0 Å². The molecule has 0 bridgehead atoms. The molecular weight excluding hydrogens is 870 g/mol. The molecule has 14 heteroatoms. The number of aromatic nitrogens is 4. The fraction of sp³-hybridized carbons (Fsp3) is 0.0930. The number of para-hydroxylation sites is 2. The Morgan fingerprint density at radius 3 is 1.47 bits per heavy atom. The second-order valence-electron chi connectivity index (χ2n) is 12.9. The summed E-state index contributed by atoms with van der Waals surface area (Å²) in [6.07, 6.45) is 7.35. The number of anilines is 2. The highest BCUT2D eigenvalue weighted by Crippen LogP contribution is 2.32.